The van der Waals surface area contributed by atoms with Gasteiger partial charge in [-0.1, -0.05) is 0 Å². The van der Waals surface area contributed by atoms with Gasteiger partial charge in [0.2, 0.25) is 0 Å². The molecule has 0 radical (unpaired) electrons. The number of rotatable bonds is 2. The predicted molar refractivity (Wildman–Crippen MR) is 95.3 cm³/mol. The summed E-state index contributed by atoms with van der Waals surface area (Å²) in [5.41, 5.74) is 3.96. The molecule has 0 fully saturated rings. The van der Waals surface area contributed by atoms with E-state index in [1.807, 2.05) is 0 Å². The molecule has 4 rings (SSSR count). The molecule has 5 nitrogen and oxygen atoms in total. The second-order valence-electron chi connectivity index (χ2n) is 6.37. The average Bonchev–Trinajstić information content (AvgIpc) is 2.85. The van der Waals surface area contributed by atoms with Crippen LogP contribution >= 0.6 is 23.1 Å². The van der Waals surface area contributed by atoms with Gasteiger partial charge < -0.3 is 9.72 Å². The van der Waals surface area contributed by atoms with E-state index in [4.69, 9.17) is 9.72 Å². The average molecular weight is 347 g/mol. The maximum atomic E-state index is 12.1. The maximum Gasteiger partial charge on any atom is 0.268 e. The van der Waals surface area contributed by atoms with Gasteiger partial charge in [0, 0.05) is 23.1 Å². The van der Waals surface area contributed by atoms with Gasteiger partial charge in [-0.05, 0) is 25.7 Å². The van der Waals surface area contributed by atoms with Crippen LogP contribution in [0.3, 0.4) is 0 Å². The molecule has 0 amide bonds. The van der Waals surface area contributed by atoms with E-state index in [9.17, 15) is 4.79 Å². The lowest BCUT2D eigenvalue weighted by Crippen LogP contribution is -2.33. The van der Waals surface area contributed by atoms with Crippen molar-refractivity contribution >= 4 is 43.5 Å². The molecular formula is C16H17N3O2S2. The fourth-order valence-electron chi connectivity index (χ4n) is 3.12. The molecule has 1 aliphatic rings. The van der Waals surface area contributed by atoms with E-state index >= 15 is 0 Å². The number of ether oxygens (including phenoxy) is 1. The van der Waals surface area contributed by atoms with Crippen molar-refractivity contribution in [3.63, 3.8) is 0 Å². The van der Waals surface area contributed by atoms with E-state index in [0.29, 0.717) is 11.3 Å². The number of H-pyrrole nitrogens is 1. The number of hydrogen-bond acceptors (Lipinski definition) is 6. The summed E-state index contributed by atoms with van der Waals surface area (Å²) in [6.45, 7) is 4.75. The number of pyridine rings is 1. The predicted octanol–water partition coefficient (Wildman–Crippen LogP) is 3.25. The third-order valence-corrected chi connectivity index (χ3v) is 5.85. The number of thiophene rings is 1. The fourth-order valence-corrected chi connectivity index (χ4v) is 4.80. The fraction of sp³-hybridized carbons (Fsp3) is 0.438. The molecular weight excluding hydrogens is 330 g/mol. The first-order chi connectivity index (χ1) is 11.0. The lowest BCUT2D eigenvalue weighted by atomic mass is 9.93. The van der Waals surface area contributed by atoms with Crippen LogP contribution in [0.5, 0.6) is 0 Å². The summed E-state index contributed by atoms with van der Waals surface area (Å²) in [6, 6.07) is 0. The van der Waals surface area contributed by atoms with Gasteiger partial charge in [0.25, 0.3) is 5.56 Å². The molecule has 4 heterocycles. The Labute approximate surface area is 141 Å². The second kappa shape index (κ2) is 5.29. The highest BCUT2D eigenvalue weighted by atomic mass is 32.2. The van der Waals surface area contributed by atoms with Crippen LogP contribution in [0.1, 0.15) is 30.7 Å². The summed E-state index contributed by atoms with van der Waals surface area (Å²) in [5, 5.41) is 1.02. The molecule has 3 aromatic rings. The molecule has 0 aliphatic carbocycles. The number of nitrogens with zero attached hydrogens (tertiary/aromatic N) is 2. The standard InChI is InChI=1S/C16H17N3O2S2/c1-16(2)4-10-8(5-21-16)9(6-22-3)11-12-13(23-15(11)19-10)14(20)18-7-17-12/h7H,4-6H2,1-3H3,(H,17,18,20). The van der Waals surface area contributed by atoms with Gasteiger partial charge in [-0.2, -0.15) is 11.8 Å². The summed E-state index contributed by atoms with van der Waals surface area (Å²) in [6.07, 6.45) is 4.34. The largest absolute Gasteiger partial charge is 0.370 e. The van der Waals surface area contributed by atoms with Crippen molar-refractivity contribution < 1.29 is 4.74 Å². The number of thioether (sulfide) groups is 1. The van der Waals surface area contributed by atoms with Gasteiger partial charge in [0.05, 0.1) is 29.7 Å². The van der Waals surface area contributed by atoms with Crippen molar-refractivity contribution in [1.29, 1.82) is 0 Å². The summed E-state index contributed by atoms with van der Waals surface area (Å²) in [4.78, 5) is 24.9. The van der Waals surface area contributed by atoms with E-state index in [2.05, 4.69) is 30.1 Å². The van der Waals surface area contributed by atoms with Crippen molar-refractivity contribution in [3.8, 4) is 0 Å². The highest BCUT2D eigenvalue weighted by Gasteiger charge is 2.30. The number of aromatic nitrogens is 3. The molecule has 3 aromatic heterocycles. The van der Waals surface area contributed by atoms with Crippen molar-refractivity contribution in [2.24, 2.45) is 0 Å². The molecule has 1 aliphatic heterocycles. The Kier molecular flexibility index (Phi) is 3.48. The Morgan fingerprint density at radius 2 is 2.30 bits per heavy atom. The summed E-state index contributed by atoms with van der Waals surface area (Å²) in [5.74, 6) is 0.867. The molecule has 0 aromatic carbocycles. The molecule has 0 spiro atoms. The van der Waals surface area contributed by atoms with Gasteiger partial charge in [-0.3, -0.25) is 4.79 Å². The molecule has 1 N–H and O–H groups in total. The molecule has 0 unspecified atom stereocenters. The monoisotopic (exact) mass is 347 g/mol. The highest BCUT2D eigenvalue weighted by Crippen LogP contribution is 2.39. The smallest absolute Gasteiger partial charge is 0.268 e. The van der Waals surface area contributed by atoms with Gasteiger partial charge in [-0.15, -0.1) is 11.3 Å². The topological polar surface area (TPSA) is 67.9 Å². The van der Waals surface area contributed by atoms with E-state index in [0.717, 1.165) is 33.6 Å². The van der Waals surface area contributed by atoms with E-state index < -0.39 is 0 Å². The van der Waals surface area contributed by atoms with E-state index in [1.165, 1.54) is 28.8 Å². The van der Waals surface area contributed by atoms with Gasteiger partial charge >= 0.3 is 0 Å². The summed E-state index contributed by atoms with van der Waals surface area (Å²) >= 11 is 3.20. The Balaban J connectivity index is 2.10. The van der Waals surface area contributed by atoms with Crippen LogP contribution in [0, 0.1) is 0 Å². The molecule has 0 bridgehead atoms. The highest BCUT2D eigenvalue weighted by molar-refractivity contribution is 7.97. The number of aromatic amines is 1. The van der Waals surface area contributed by atoms with Crippen molar-refractivity contribution in [2.75, 3.05) is 6.26 Å². The normalized spacial score (nSPS) is 16.8. The van der Waals surface area contributed by atoms with Crippen LogP contribution in [0.25, 0.3) is 20.4 Å². The van der Waals surface area contributed by atoms with Gasteiger partial charge in [0.15, 0.2) is 0 Å². The number of nitrogens with one attached hydrogen (secondary N) is 1. The van der Waals surface area contributed by atoms with Crippen molar-refractivity contribution in [2.45, 2.75) is 38.2 Å². The minimum absolute atomic E-state index is 0.0948. The Bertz CT molecular complexity index is 975. The molecule has 0 atom stereocenters. The lowest BCUT2D eigenvalue weighted by Gasteiger charge is -2.32. The van der Waals surface area contributed by atoms with Crippen molar-refractivity contribution in [3.05, 3.63) is 33.5 Å². The van der Waals surface area contributed by atoms with Crippen LogP contribution in [-0.4, -0.2) is 26.8 Å². The first-order valence-electron chi connectivity index (χ1n) is 7.43. The first kappa shape index (κ1) is 15.1. The SMILES string of the molecule is CSCc1c2c(nc3sc4c(=O)[nH]cnc4c13)CC(C)(C)OC2. The van der Waals surface area contributed by atoms with E-state index in [1.54, 1.807) is 11.8 Å². The number of hydrogen-bond donors (Lipinski definition) is 1. The summed E-state index contributed by atoms with van der Waals surface area (Å²) in [7, 11) is 0. The van der Waals surface area contributed by atoms with Gasteiger partial charge in [0.1, 0.15) is 9.53 Å². The number of fused-ring (bicyclic) bond motifs is 4. The molecule has 23 heavy (non-hydrogen) atoms. The Morgan fingerprint density at radius 1 is 1.48 bits per heavy atom. The molecule has 7 heteroatoms. The quantitative estimate of drug-likeness (QED) is 0.771. The minimum Gasteiger partial charge on any atom is -0.370 e. The van der Waals surface area contributed by atoms with Crippen LogP contribution < -0.4 is 5.56 Å². The van der Waals surface area contributed by atoms with Crippen LogP contribution in [-0.2, 0) is 23.5 Å². The zero-order chi connectivity index (χ0) is 16.2. The zero-order valence-corrected chi connectivity index (χ0v) is 14.9. The minimum atomic E-state index is -0.198. The van der Waals surface area contributed by atoms with Crippen molar-refractivity contribution in [1.82, 2.24) is 15.0 Å². The van der Waals surface area contributed by atoms with Crippen LogP contribution in [0.15, 0.2) is 11.1 Å². The second-order valence-corrected chi connectivity index (χ2v) is 8.23. The third-order valence-electron chi connectivity index (χ3n) is 4.20. The zero-order valence-electron chi connectivity index (χ0n) is 13.2. The Morgan fingerprint density at radius 3 is 3.09 bits per heavy atom. The third kappa shape index (κ3) is 2.38. The molecule has 0 saturated carbocycles. The molecule has 120 valence electrons. The first-order valence-corrected chi connectivity index (χ1v) is 9.64. The lowest BCUT2D eigenvalue weighted by molar-refractivity contribution is -0.0414. The van der Waals surface area contributed by atoms with E-state index in [-0.39, 0.29) is 11.2 Å². The Hall–Kier alpha value is -1.44. The van der Waals surface area contributed by atoms with Gasteiger partial charge in [-0.25, -0.2) is 9.97 Å². The van der Waals surface area contributed by atoms with Crippen LogP contribution in [0.4, 0.5) is 0 Å². The summed E-state index contributed by atoms with van der Waals surface area (Å²) < 4.78 is 6.66. The maximum absolute atomic E-state index is 12.1. The molecule has 0 saturated heterocycles. The van der Waals surface area contributed by atoms with Crippen LogP contribution in [0.2, 0.25) is 0 Å².